The molecule has 3 heteroatoms. The van der Waals surface area contributed by atoms with Gasteiger partial charge in [0.05, 0.1) is 6.04 Å². The molecule has 1 atom stereocenters. The van der Waals surface area contributed by atoms with E-state index in [0.717, 1.165) is 12.1 Å². The standard InChI is InChI=1S/C10H12N2O/c13-10(9-7-11-9)12-6-8-4-2-1-3-5-8/h1-5,9,11H,6-7H2,(H,12,13). The minimum absolute atomic E-state index is 0.0590. The maximum Gasteiger partial charge on any atom is 0.238 e. The molecule has 0 bridgehead atoms. The molecule has 0 spiro atoms. The van der Waals surface area contributed by atoms with Crippen LogP contribution in [0.2, 0.25) is 0 Å². The Labute approximate surface area is 77.1 Å². The van der Waals surface area contributed by atoms with Gasteiger partial charge in [0.2, 0.25) is 5.91 Å². The van der Waals surface area contributed by atoms with Crippen LogP contribution in [0.1, 0.15) is 5.56 Å². The van der Waals surface area contributed by atoms with Crippen LogP contribution in [-0.2, 0) is 11.3 Å². The van der Waals surface area contributed by atoms with E-state index in [1.165, 1.54) is 0 Å². The first-order valence-electron chi connectivity index (χ1n) is 4.41. The summed E-state index contributed by atoms with van der Waals surface area (Å²) in [6, 6.07) is 9.96. The van der Waals surface area contributed by atoms with Gasteiger partial charge in [-0.05, 0) is 5.56 Å². The lowest BCUT2D eigenvalue weighted by molar-refractivity contribution is -0.120. The van der Waals surface area contributed by atoms with E-state index in [4.69, 9.17) is 0 Å². The molecule has 68 valence electrons. The highest BCUT2D eigenvalue weighted by Gasteiger charge is 2.27. The number of hydrogen-bond acceptors (Lipinski definition) is 2. The zero-order chi connectivity index (χ0) is 9.10. The Balaban J connectivity index is 1.82. The second kappa shape index (κ2) is 3.58. The zero-order valence-corrected chi connectivity index (χ0v) is 7.29. The third-order valence-electron chi connectivity index (χ3n) is 2.03. The van der Waals surface area contributed by atoms with Crippen LogP contribution >= 0.6 is 0 Å². The number of rotatable bonds is 3. The smallest absolute Gasteiger partial charge is 0.238 e. The third-order valence-corrected chi connectivity index (χ3v) is 2.03. The van der Waals surface area contributed by atoms with Crippen molar-refractivity contribution in [2.24, 2.45) is 0 Å². The number of nitrogens with one attached hydrogen (secondary N) is 2. The fourth-order valence-electron chi connectivity index (χ4n) is 1.15. The quantitative estimate of drug-likeness (QED) is 0.650. The molecule has 1 fully saturated rings. The van der Waals surface area contributed by atoms with E-state index in [2.05, 4.69) is 10.6 Å². The molecule has 2 N–H and O–H groups in total. The van der Waals surface area contributed by atoms with Gasteiger partial charge in [-0.1, -0.05) is 30.3 Å². The SMILES string of the molecule is O=C(NCc1ccccc1)C1CN1. The van der Waals surface area contributed by atoms with Crippen LogP contribution in [0.25, 0.3) is 0 Å². The van der Waals surface area contributed by atoms with Crippen molar-refractivity contribution in [1.82, 2.24) is 10.6 Å². The largest absolute Gasteiger partial charge is 0.351 e. The summed E-state index contributed by atoms with van der Waals surface area (Å²) in [5.41, 5.74) is 1.14. The van der Waals surface area contributed by atoms with Gasteiger partial charge in [-0.3, -0.25) is 4.79 Å². The van der Waals surface area contributed by atoms with Crippen LogP contribution in [0.5, 0.6) is 0 Å². The minimum atomic E-state index is 0.0590. The molecule has 1 unspecified atom stereocenters. The molecule has 13 heavy (non-hydrogen) atoms. The van der Waals surface area contributed by atoms with Gasteiger partial charge in [0.25, 0.3) is 0 Å². The van der Waals surface area contributed by atoms with Gasteiger partial charge in [-0.25, -0.2) is 0 Å². The molecule has 0 saturated carbocycles. The number of carbonyl (C=O) groups is 1. The monoisotopic (exact) mass is 176 g/mol. The number of amides is 1. The summed E-state index contributed by atoms with van der Waals surface area (Å²) in [5.74, 6) is 0.101. The molecule has 1 aromatic carbocycles. The normalized spacial score (nSPS) is 19.5. The van der Waals surface area contributed by atoms with Crippen molar-refractivity contribution >= 4 is 5.91 Å². The molecular weight excluding hydrogens is 164 g/mol. The van der Waals surface area contributed by atoms with Gasteiger partial charge in [0.15, 0.2) is 0 Å². The second-order valence-electron chi connectivity index (χ2n) is 3.16. The Hall–Kier alpha value is -1.35. The van der Waals surface area contributed by atoms with Gasteiger partial charge >= 0.3 is 0 Å². The summed E-state index contributed by atoms with van der Waals surface area (Å²) in [6.45, 7) is 1.44. The number of hydrogen-bond donors (Lipinski definition) is 2. The van der Waals surface area contributed by atoms with Crippen molar-refractivity contribution in [1.29, 1.82) is 0 Å². The van der Waals surface area contributed by atoms with Gasteiger partial charge in [0.1, 0.15) is 0 Å². The Bertz CT molecular complexity index is 293. The Kier molecular flexibility index (Phi) is 2.27. The van der Waals surface area contributed by atoms with Gasteiger partial charge in [0, 0.05) is 13.1 Å². The third kappa shape index (κ3) is 2.29. The van der Waals surface area contributed by atoms with Crippen molar-refractivity contribution in [3.63, 3.8) is 0 Å². The molecule has 1 aromatic rings. The van der Waals surface area contributed by atoms with E-state index in [1.807, 2.05) is 30.3 Å². The van der Waals surface area contributed by atoms with E-state index in [9.17, 15) is 4.79 Å². The molecule has 1 amide bonds. The minimum Gasteiger partial charge on any atom is -0.351 e. The molecule has 3 nitrogen and oxygen atoms in total. The highest BCUT2D eigenvalue weighted by Crippen LogP contribution is 2.00. The first-order valence-corrected chi connectivity index (χ1v) is 4.41. The predicted octanol–water partition coefficient (Wildman–Crippen LogP) is 0.275. The summed E-state index contributed by atoms with van der Waals surface area (Å²) in [7, 11) is 0. The average molecular weight is 176 g/mol. The highest BCUT2D eigenvalue weighted by atomic mass is 16.2. The first-order chi connectivity index (χ1) is 6.36. The highest BCUT2D eigenvalue weighted by molar-refractivity contribution is 5.84. The van der Waals surface area contributed by atoms with Crippen LogP contribution in [0, 0.1) is 0 Å². The molecular formula is C10H12N2O. The van der Waals surface area contributed by atoms with E-state index in [0.29, 0.717) is 6.54 Å². The van der Waals surface area contributed by atoms with Crippen molar-refractivity contribution in [2.45, 2.75) is 12.6 Å². The summed E-state index contributed by atoms with van der Waals surface area (Å²) >= 11 is 0. The topological polar surface area (TPSA) is 51.0 Å². The second-order valence-corrected chi connectivity index (χ2v) is 3.16. The fraction of sp³-hybridized carbons (Fsp3) is 0.300. The number of benzene rings is 1. The lowest BCUT2D eigenvalue weighted by Crippen LogP contribution is -2.28. The van der Waals surface area contributed by atoms with Crippen LogP contribution in [0.4, 0.5) is 0 Å². The Morgan fingerprint density at radius 1 is 1.46 bits per heavy atom. The summed E-state index contributed by atoms with van der Waals surface area (Å²) in [5, 5.41) is 5.82. The Morgan fingerprint density at radius 3 is 2.77 bits per heavy atom. The summed E-state index contributed by atoms with van der Waals surface area (Å²) in [6.07, 6.45) is 0. The average Bonchev–Trinajstić information content (AvgIpc) is 2.99. The molecule has 0 aromatic heterocycles. The molecule has 1 aliphatic heterocycles. The van der Waals surface area contributed by atoms with Crippen LogP contribution in [-0.4, -0.2) is 18.5 Å². The lowest BCUT2D eigenvalue weighted by atomic mass is 10.2. The predicted molar refractivity (Wildman–Crippen MR) is 50.1 cm³/mol. The number of carbonyl (C=O) groups excluding carboxylic acids is 1. The fourth-order valence-corrected chi connectivity index (χ4v) is 1.15. The molecule has 0 aliphatic carbocycles. The van der Waals surface area contributed by atoms with Gasteiger partial charge < -0.3 is 10.6 Å². The van der Waals surface area contributed by atoms with Gasteiger partial charge in [-0.15, -0.1) is 0 Å². The van der Waals surface area contributed by atoms with Crippen molar-refractivity contribution in [3.05, 3.63) is 35.9 Å². The van der Waals surface area contributed by atoms with Crippen molar-refractivity contribution < 1.29 is 4.79 Å². The van der Waals surface area contributed by atoms with Gasteiger partial charge in [-0.2, -0.15) is 0 Å². The maximum absolute atomic E-state index is 11.2. The van der Waals surface area contributed by atoms with Crippen LogP contribution in [0.15, 0.2) is 30.3 Å². The van der Waals surface area contributed by atoms with E-state index in [1.54, 1.807) is 0 Å². The van der Waals surface area contributed by atoms with Crippen LogP contribution < -0.4 is 10.6 Å². The molecule has 2 rings (SSSR count). The lowest BCUT2D eigenvalue weighted by Gasteiger charge is -2.02. The molecule has 1 heterocycles. The van der Waals surface area contributed by atoms with E-state index in [-0.39, 0.29) is 11.9 Å². The first kappa shape index (κ1) is 8.26. The molecule has 0 radical (unpaired) electrons. The van der Waals surface area contributed by atoms with E-state index < -0.39 is 0 Å². The van der Waals surface area contributed by atoms with E-state index >= 15 is 0 Å². The van der Waals surface area contributed by atoms with Crippen LogP contribution in [0.3, 0.4) is 0 Å². The van der Waals surface area contributed by atoms with Crippen molar-refractivity contribution in [2.75, 3.05) is 6.54 Å². The zero-order valence-electron chi connectivity index (χ0n) is 7.29. The molecule has 1 aliphatic rings. The Morgan fingerprint density at radius 2 is 2.15 bits per heavy atom. The van der Waals surface area contributed by atoms with Crippen molar-refractivity contribution in [3.8, 4) is 0 Å². The maximum atomic E-state index is 11.2. The summed E-state index contributed by atoms with van der Waals surface area (Å²) < 4.78 is 0. The summed E-state index contributed by atoms with van der Waals surface area (Å²) in [4.78, 5) is 11.2. The molecule has 1 saturated heterocycles.